The summed E-state index contributed by atoms with van der Waals surface area (Å²) in [4.78, 5) is 16.1. The van der Waals surface area contributed by atoms with E-state index in [0.29, 0.717) is 34.8 Å². The van der Waals surface area contributed by atoms with E-state index in [9.17, 15) is 14.4 Å². The first-order chi connectivity index (χ1) is 17.0. The Bertz CT molecular complexity index is 1280. The van der Waals surface area contributed by atoms with Crippen LogP contribution in [-0.2, 0) is 16.2 Å². The molecule has 9 nitrogen and oxygen atoms in total. The van der Waals surface area contributed by atoms with Crippen molar-refractivity contribution in [3.63, 3.8) is 0 Å². The van der Waals surface area contributed by atoms with Gasteiger partial charge in [0, 0.05) is 32.4 Å². The fourth-order valence-electron chi connectivity index (χ4n) is 3.31. The summed E-state index contributed by atoms with van der Waals surface area (Å²) < 4.78 is 33.1. The lowest BCUT2D eigenvalue weighted by Crippen LogP contribution is -2.32. The number of rotatable bonds is 9. The monoisotopic (exact) mass is 580 g/mol. The van der Waals surface area contributed by atoms with Gasteiger partial charge in [-0.15, -0.1) is 0 Å². The number of nitrogens with one attached hydrogen (secondary N) is 1. The number of carbonyl (C=O) groups is 1. The van der Waals surface area contributed by atoms with E-state index in [-0.39, 0.29) is 23.8 Å². The van der Waals surface area contributed by atoms with Gasteiger partial charge in [-0.2, -0.15) is 0 Å². The molecule has 0 radical (unpaired) electrons. The van der Waals surface area contributed by atoms with Gasteiger partial charge < -0.3 is 19.4 Å². The van der Waals surface area contributed by atoms with Crippen molar-refractivity contribution >= 4 is 47.0 Å². The minimum Gasteiger partial charge on any atom is -0.450 e. The molecule has 12 heteroatoms. The van der Waals surface area contributed by atoms with Crippen LogP contribution in [0.4, 0.5) is 9.18 Å². The average Bonchev–Trinajstić information content (AvgIpc) is 3.12. The highest BCUT2D eigenvalue weighted by atomic mass is 79.9. The fraction of sp³-hybridized carbons (Fsp3) is 0.375. The molecular formula is C24H30BrFN4O5Si. The Morgan fingerprint density at radius 3 is 2.69 bits per heavy atom. The highest BCUT2D eigenvalue weighted by molar-refractivity contribution is 9.10. The predicted octanol–water partition coefficient (Wildman–Crippen LogP) is 6.23. The van der Waals surface area contributed by atoms with Crippen LogP contribution in [0.5, 0.6) is 11.6 Å². The van der Waals surface area contributed by atoms with E-state index >= 15 is 0 Å². The zero-order chi connectivity index (χ0) is 26.5. The predicted molar refractivity (Wildman–Crippen MR) is 141 cm³/mol. The quantitative estimate of drug-likeness (QED) is 0.0590. The molecule has 3 aromatic rings. The third kappa shape index (κ3) is 7.05. The van der Waals surface area contributed by atoms with E-state index in [1.165, 1.54) is 6.07 Å². The zero-order valence-corrected chi connectivity index (χ0v) is 23.5. The highest BCUT2D eigenvalue weighted by Gasteiger charge is 2.18. The Morgan fingerprint density at radius 2 is 2.03 bits per heavy atom. The number of benzene rings is 1. The third-order valence-corrected chi connectivity index (χ3v) is 7.52. The molecule has 0 saturated carbocycles. The van der Waals surface area contributed by atoms with E-state index in [1.807, 2.05) is 0 Å². The van der Waals surface area contributed by atoms with E-state index in [0.717, 1.165) is 11.6 Å². The number of halogens is 2. The van der Waals surface area contributed by atoms with Crippen LogP contribution in [0, 0.1) is 12.7 Å². The lowest BCUT2D eigenvalue weighted by Gasteiger charge is -2.17. The van der Waals surface area contributed by atoms with Crippen molar-refractivity contribution in [2.45, 2.75) is 46.3 Å². The zero-order valence-electron chi connectivity index (χ0n) is 20.9. The summed E-state index contributed by atoms with van der Waals surface area (Å²) in [6.07, 6.45) is -0.745. The number of hydrogen-bond donors (Lipinski definition) is 2. The lowest BCUT2D eigenvalue weighted by molar-refractivity contribution is 0.0858. The van der Waals surface area contributed by atoms with Crippen molar-refractivity contribution in [1.29, 1.82) is 0 Å². The van der Waals surface area contributed by atoms with Crippen molar-refractivity contribution in [3.05, 3.63) is 51.9 Å². The van der Waals surface area contributed by atoms with Gasteiger partial charge in [-0.25, -0.2) is 14.2 Å². The molecule has 0 saturated heterocycles. The molecule has 194 valence electrons. The average molecular weight is 582 g/mol. The SMILES string of the molecule is CCOC(=O)N/C(=N\O)c1cc(Oc2cc3nc(Br)c(F)cc3n2COCC[Si](C)(C)C)ccc1C. The summed E-state index contributed by atoms with van der Waals surface area (Å²) in [6.45, 7) is 11.2. The second-order valence-electron chi connectivity index (χ2n) is 9.30. The van der Waals surface area contributed by atoms with Gasteiger partial charge in [0.05, 0.1) is 17.6 Å². The van der Waals surface area contributed by atoms with Gasteiger partial charge in [0.25, 0.3) is 0 Å². The fourth-order valence-corrected chi connectivity index (χ4v) is 4.37. The maximum Gasteiger partial charge on any atom is 0.412 e. The molecule has 2 heterocycles. The molecule has 0 spiro atoms. The van der Waals surface area contributed by atoms with Crippen LogP contribution < -0.4 is 10.1 Å². The Hall–Kier alpha value is -2.96. The number of ether oxygens (including phenoxy) is 3. The molecule has 2 aromatic heterocycles. The molecule has 3 rings (SSSR count). The van der Waals surface area contributed by atoms with Gasteiger partial charge in [-0.1, -0.05) is 30.9 Å². The number of aryl methyl sites for hydroxylation is 1. The molecule has 0 aliphatic carbocycles. The van der Waals surface area contributed by atoms with E-state index in [1.54, 1.807) is 42.7 Å². The maximum atomic E-state index is 14.3. The van der Waals surface area contributed by atoms with Crippen LogP contribution in [0.25, 0.3) is 11.0 Å². The van der Waals surface area contributed by atoms with Gasteiger partial charge in [0.15, 0.2) is 11.7 Å². The Morgan fingerprint density at radius 1 is 1.28 bits per heavy atom. The number of carbonyl (C=O) groups excluding carboxylic acids is 1. The van der Waals surface area contributed by atoms with Gasteiger partial charge >= 0.3 is 6.09 Å². The van der Waals surface area contributed by atoms with Gasteiger partial charge in [0.1, 0.15) is 17.1 Å². The number of pyridine rings is 1. The minimum absolute atomic E-state index is 0.0840. The van der Waals surface area contributed by atoms with E-state index in [2.05, 4.69) is 51.0 Å². The number of fused-ring (bicyclic) bond motifs is 1. The Kier molecular flexibility index (Phi) is 9.09. The van der Waals surface area contributed by atoms with Gasteiger partial charge in [0.2, 0.25) is 5.88 Å². The molecule has 0 atom stereocenters. The summed E-state index contributed by atoms with van der Waals surface area (Å²) in [5.74, 6) is 0.202. The van der Waals surface area contributed by atoms with E-state index in [4.69, 9.17) is 14.2 Å². The van der Waals surface area contributed by atoms with Crippen molar-refractivity contribution in [2.75, 3.05) is 13.2 Å². The normalized spacial score (nSPS) is 12.1. The van der Waals surface area contributed by atoms with Crippen molar-refractivity contribution in [2.24, 2.45) is 5.16 Å². The number of hydrogen-bond acceptors (Lipinski definition) is 7. The van der Waals surface area contributed by atoms with Gasteiger partial charge in [-0.3, -0.25) is 9.88 Å². The molecule has 0 aliphatic heterocycles. The minimum atomic E-state index is -1.28. The molecule has 1 aromatic carbocycles. The first-order valence-electron chi connectivity index (χ1n) is 11.4. The topological polar surface area (TPSA) is 107 Å². The Labute approximate surface area is 218 Å². The summed E-state index contributed by atoms with van der Waals surface area (Å²) in [6, 6.07) is 9.17. The van der Waals surface area contributed by atoms with Crippen LogP contribution in [0.1, 0.15) is 18.1 Å². The maximum absolute atomic E-state index is 14.3. The number of aromatic nitrogens is 2. The molecule has 0 unspecified atom stereocenters. The molecule has 0 bridgehead atoms. The summed E-state index contributed by atoms with van der Waals surface area (Å²) >= 11 is 3.13. The molecule has 0 aliphatic rings. The Balaban J connectivity index is 1.93. The standard InChI is InChI=1S/C24H30BrFN4O5Si/c1-6-34-24(31)28-23(29-32)17-11-16(8-7-15(17)2)35-21-13-19-20(12-18(26)22(25)27-19)30(21)14-33-9-10-36(3,4)5/h7-8,11-13,32H,6,9-10,14H2,1-5H3,(H,28,29,31). The number of oxime groups is 1. The molecule has 36 heavy (non-hydrogen) atoms. The number of amides is 1. The van der Waals surface area contributed by atoms with Crippen molar-refractivity contribution < 1.29 is 28.6 Å². The van der Waals surface area contributed by atoms with Crippen LogP contribution >= 0.6 is 15.9 Å². The van der Waals surface area contributed by atoms with Crippen LogP contribution in [0.3, 0.4) is 0 Å². The van der Waals surface area contributed by atoms with Crippen LogP contribution in [-0.4, -0.2) is 48.0 Å². The largest absolute Gasteiger partial charge is 0.450 e. The van der Waals surface area contributed by atoms with Crippen LogP contribution in [0.2, 0.25) is 25.7 Å². The van der Waals surface area contributed by atoms with Crippen LogP contribution in [0.15, 0.2) is 40.1 Å². The number of nitrogens with zero attached hydrogens (tertiary/aromatic N) is 3. The summed E-state index contributed by atoms with van der Waals surface area (Å²) in [5, 5.41) is 15.1. The van der Waals surface area contributed by atoms with Crippen molar-refractivity contribution in [3.8, 4) is 11.6 Å². The third-order valence-electron chi connectivity index (χ3n) is 5.26. The van der Waals surface area contributed by atoms with Gasteiger partial charge in [-0.05, 0) is 53.5 Å². The summed E-state index contributed by atoms with van der Waals surface area (Å²) in [7, 11) is -1.28. The summed E-state index contributed by atoms with van der Waals surface area (Å²) in [5.41, 5.74) is 2.22. The molecule has 1 amide bonds. The second-order valence-corrected chi connectivity index (χ2v) is 15.7. The first-order valence-corrected chi connectivity index (χ1v) is 15.9. The van der Waals surface area contributed by atoms with E-state index < -0.39 is 20.0 Å². The molecular weight excluding hydrogens is 551 g/mol. The molecule has 0 fully saturated rings. The smallest absolute Gasteiger partial charge is 0.412 e. The second kappa shape index (κ2) is 11.8. The first kappa shape index (κ1) is 27.6. The van der Waals surface area contributed by atoms with Crippen molar-refractivity contribution in [1.82, 2.24) is 14.9 Å². The number of amidine groups is 1. The number of alkyl carbamates (subject to hydrolysis) is 1. The molecule has 2 N–H and O–H groups in total. The lowest BCUT2D eigenvalue weighted by atomic mass is 10.1. The highest BCUT2D eigenvalue weighted by Crippen LogP contribution is 2.32.